The lowest BCUT2D eigenvalue weighted by Crippen LogP contribution is -2.53. The number of anilines is 1. The van der Waals surface area contributed by atoms with Crippen LogP contribution in [0.5, 0.6) is 0 Å². The van der Waals surface area contributed by atoms with Crippen LogP contribution in [0.15, 0.2) is 102 Å². The Kier molecular flexibility index (Phi) is 10.6. The number of hydrogen-bond acceptors (Lipinski definition) is 4. The number of amides is 2. The number of carbonyl (C=O) groups is 2. The van der Waals surface area contributed by atoms with Crippen molar-refractivity contribution in [1.29, 1.82) is 0 Å². The van der Waals surface area contributed by atoms with E-state index in [9.17, 15) is 18.0 Å². The Balaban J connectivity index is 1.84. The van der Waals surface area contributed by atoms with Gasteiger partial charge in [0.1, 0.15) is 12.6 Å². The van der Waals surface area contributed by atoms with Crippen molar-refractivity contribution in [3.63, 3.8) is 0 Å². The van der Waals surface area contributed by atoms with Crippen LogP contribution in [0.25, 0.3) is 0 Å². The second-order valence-corrected chi connectivity index (χ2v) is 13.0. The minimum absolute atomic E-state index is 0.0896. The summed E-state index contributed by atoms with van der Waals surface area (Å²) in [7, 11) is -4.15. The molecule has 44 heavy (non-hydrogen) atoms. The third-order valence-electron chi connectivity index (χ3n) is 7.96. The average Bonchev–Trinajstić information content (AvgIpc) is 3.01. The maximum atomic E-state index is 14.6. The van der Waals surface area contributed by atoms with Gasteiger partial charge in [0.2, 0.25) is 11.8 Å². The molecule has 0 saturated carbocycles. The summed E-state index contributed by atoms with van der Waals surface area (Å²) in [6.07, 6.45) is 0.276. The Morgan fingerprint density at radius 2 is 1.41 bits per heavy atom. The fourth-order valence-corrected chi connectivity index (χ4v) is 6.65. The van der Waals surface area contributed by atoms with Crippen molar-refractivity contribution >= 4 is 27.5 Å². The second-order valence-electron chi connectivity index (χ2n) is 11.1. The summed E-state index contributed by atoms with van der Waals surface area (Å²) in [5.41, 5.74) is 5.75. The van der Waals surface area contributed by atoms with Gasteiger partial charge in [-0.05, 0) is 80.6 Å². The number of carbonyl (C=O) groups excluding carboxylic acids is 2. The molecule has 0 aliphatic carbocycles. The van der Waals surface area contributed by atoms with Crippen LogP contribution >= 0.6 is 0 Å². The highest BCUT2D eigenvalue weighted by atomic mass is 32.2. The quantitative estimate of drug-likeness (QED) is 0.216. The topological polar surface area (TPSA) is 86.8 Å². The Bertz CT molecular complexity index is 1700. The van der Waals surface area contributed by atoms with Gasteiger partial charge in [-0.2, -0.15) is 0 Å². The van der Waals surface area contributed by atoms with Crippen LogP contribution in [-0.4, -0.2) is 44.3 Å². The molecule has 0 aromatic heterocycles. The summed E-state index contributed by atoms with van der Waals surface area (Å²) in [4.78, 5) is 29.8. The Labute approximate surface area is 261 Å². The lowest BCUT2D eigenvalue weighted by molar-refractivity contribution is -0.140. The SMILES string of the molecule is CCNC(=O)[C@H](Cc1ccccc1)N(Cc1ccccc1C)C(=O)CN(c1cccc(C)c1C)S(=O)(=O)c1ccc(C)cc1. The fourth-order valence-electron chi connectivity index (χ4n) is 5.17. The molecular formula is C36H41N3O4S. The van der Waals surface area contributed by atoms with E-state index in [-0.39, 0.29) is 23.8 Å². The number of likely N-dealkylation sites (N-methyl/N-ethyl adjacent to an activating group) is 1. The van der Waals surface area contributed by atoms with Gasteiger partial charge >= 0.3 is 0 Å². The van der Waals surface area contributed by atoms with Crippen LogP contribution in [0.3, 0.4) is 0 Å². The van der Waals surface area contributed by atoms with Crippen molar-refractivity contribution in [2.75, 3.05) is 17.4 Å². The van der Waals surface area contributed by atoms with E-state index in [1.165, 1.54) is 9.21 Å². The molecule has 4 rings (SSSR count). The minimum atomic E-state index is -4.15. The van der Waals surface area contributed by atoms with Crippen LogP contribution in [0, 0.1) is 27.7 Å². The van der Waals surface area contributed by atoms with Crippen molar-refractivity contribution in [2.24, 2.45) is 0 Å². The van der Waals surface area contributed by atoms with Gasteiger partial charge in [0.05, 0.1) is 10.6 Å². The first-order valence-electron chi connectivity index (χ1n) is 14.8. The van der Waals surface area contributed by atoms with Gasteiger partial charge in [0.15, 0.2) is 0 Å². The molecule has 1 N–H and O–H groups in total. The van der Waals surface area contributed by atoms with Gasteiger partial charge in [0, 0.05) is 19.5 Å². The number of rotatable bonds is 12. The molecule has 0 aliphatic rings. The van der Waals surface area contributed by atoms with Crippen LogP contribution in [0.1, 0.15) is 40.3 Å². The molecule has 4 aromatic carbocycles. The van der Waals surface area contributed by atoms with Crippen molar-refractivity contribution < 1.29 is 18.0 Å². The highest BCUT2D eigenvalue weighted by Crippen LogP contribution is 2.29. The molecule has 4 aromatic rings. The van der Waals surface area contributed by atoms with E-state index in [0.717, 1.165) is 33.4 Å². The Morgan fingerprint density at radius 3 is 2.07 bits per heavy atom. The highest BCUT2D eigenvalue weighted by molar-refractivity contribution is 7.92. The van der Waals surface area contributed by atoms with Gasteiger partial charge in [0.25, 0.3) is 10.0 Å². The van der Waals surface area contributed by atoms with Crippen LogP contribution < -0.4 is 9.62 Å². The molecule has 8 heteroatoms. The van der Waals surface area contributed by atoms with Crippen LogP contribution in [0.4, 0.5) is 5.69 Å². The predicted molar refractivity (Wildman–Crippen MR) is 176 cm³/mol. The molecular weight excluding hydrogens is 570 g/mol. The molecule has 7 nitrogen and oxygen atoms in total. The van der Waals surface area contributed by atoms with Crippen LogP contribution in [-0.2, 0) is 32.6 Å². The zero-order valence-electron chi connectivity index (χ0n) is 26.1. The second kappa shape index (κ2) is 14.4. The van der Waals surface area contributed by atoms with E-state index in [1.807, 2.05) is 95.3 Å². The molecule has 2 amide bonds. The Morgan fingerprint density at radius 1 is 0.773 bits per heavy atom. The van der Waals surface area contributed by atoms with E-state index < -0.39 is 28.5 Å². The average molecular weight is 612 g/mol. The van der Waals surface area contributed by atoms with Crippen molar-refractivity contribution in [3.05, 3.63) is 130 Å². The molecule has 0 saturated heterocycles. The number of aryl methyl sites for hydroxylation is 3. The molecule has 0 aliphatic heterocycles. The van der Waals surface area contributed by atoms with Gasteiger partial charge in [-0.1, -0.05) is 84.4 Å². The first-order chi connectivity index (χ1) is 21.0. The highest BCUT2D eigenvalue weighted by Gasteiger charge is 2.35. The van der Waals surface area contributed by atoms with E-state index in [4.69, 9.17) is 0 Å². The molecule has 0 spiro atoms. The predicted octanol–water partition coefficient (Wildman–Crippen LogP) is 5.89. The van der Waals surface area contributed by atoms with E-state index in [2.05, 4.69) is 5.32 Å². The van der Waals surface area contributed by atoms with Crippen molar-refractivity contribution in [3.8, 4) is 0 Å². The molecule has 1 atom stereocenters. The number of sulfonamides is 1. The monoisotopic (exact) mass is 611 g/mol. The summed E-state index contributed by atoms with van der Waals surface area (Å²) in [5, 5.41) is 2.90. The summed E-state index contributed by atoms with van der Waals surface area (Å²) in [5.74, 6) is -0.769. The zero-order chi connectivity index (χ0) is 31.9. The Hall–Kier alpha value is -4.43. The molecule has 0 fully saturated rings. The summed E-state index contributed by atoms with van der Waals surface area (Å²) in [6.45, 7) is 9.51. The van der Waals surface area contributed by atoms with Gasteiger partial charge in [-0.3, -0.25) is 13.9 Å². The summed E-state index contributed by atoms with van der Waals surface area (Å²) in [6, 6.07) is 28.4. The smallest absolute Gasteiger partial charge is 0.264 e. The molecule has 0 unspecified atom stereocenters. The van der Waals surface area contributed by atoms with E-state index in [0.29, 0.717) is 12.2 Å². The standard InChI is InChI=1S/C36H41N3O4S/c1-6-37-36(41)34(23-30-15-8-7-9-16-30)38(24-31-17-11-10-13-28(31)4)35(40)25-39(33-18-12-14-27(3)29(33)5)44(42,43)32-21-19-26(2)20-22-32/h7-22,34H,6,23-25H2,1-5H3,(H,37,41)/t34-/m0/s1. The fraction of sp³-hybridized carbons (Fsp3) is 0.278. The first-order valence-corrected chi connectivity index (χ1v) is 16.3. The number of benzene rings is 4. The zero-order valence-corrected chi connectivity index (χ0v) is 26.9. The van der Waals surface area contributed by atoms with Gasteiger partial charge < -0.3 is 10.2 Å². The number of hydrogen-bond donors (Lipinski definition) is 1. The van der Waals surface area contributed by atoms with Gasteiger partial charge in [-0.15, -0.1) is 0 Å². The van der Waals surface area contributed by atoms with Gasteiger partial charge in [-0.25, -0.2) is 8.42 Å². The van der Waals surface area contributed by atoms with E-state index in [1.54, 1.807) is 36.4 Å². The van der Waals surface area contributed by atoms with E-state index >= 15 is 0 Å². The first kappa shape index (κ1) is 32.5. The number of nitrogens with one attached hydrogen (secondary N) is 1. The molecule has 230 valence electrons. The normalized spacial score (nSPS) is 11.9. The van der Waals surface area contributed by atoms with Crippen molar-refractivity contribution in [2.45, 2.75) is 58.5 Å². The molecule has 0 bridgehead atoms. The minimum Gasteiger partial charge on any atom is -0.355 e. The van der Waals surface area contributed by atoms with Crippen LogP contribution in [0.2, 0.25) is 0 Å². The summed E-state index contributed by atoms with van der Waals surface area (Å²) >= 11 is 0. The lowest BCUT2D eigenvalue weighted by atomic mass is 10.0. The maximum Gasteiger partial charge on any atom is 0.264 e. The lowest BCUT2D eigenvalue weighted by Gasteiger charge is -2.34. The summed E-state index contributed by atoms with van der Waals surface area (Å²) < 4.78 is 29.7. The molecule has 0 heterocycles. The maximum absolute atomic E-state index is 14.6. The third-order valence-corrected chi connectivity index (χ3v) is 9.73. The van der Waals surface area contributed by atoms with Crippen molar-refractivity contribution in [1.82, 2.24) is 10.2 Å². The molecule has 0 radical (unpaired) electrons. The number of nitrogens with zero attached hydrogens (tertiary/aromatic N) is 2. The largest absolute Gasteiger partial charge is 0.355 e. The third kappa shape index (κ3) is 7.55.